The Morgan fingerprint density at radius 2 is 1.81 bits per heavy atom. The molecule has 9 heteroatoms. The van der Waals surface area contributed by atoms with Gasteiger partial charge in [-0.3, -0.25) is 25.0 Å². The molecular formula is C23H17N3O6. The molecule has 1 saturated heterocycles. The maximum Gasteiger partial charge on any atom is 0.335 e. The SMILES string of the molecule is Cc1cccc(N2C(=O)NC(=O)/C(=C/c3ccc(-c4ccc([N+](=O)[O-])cc4C)o3)C2=O)c1. The fraction of sp³-hybridized carbons (Fsp3) is 0.0870. The Bertz CT molecular complexity index is 1320. The summed E-state index contributed by atoms with van der Waals surface area (Å²) in [7, 11) is 0. The Kier molecular flexibility index (Phi) is 5.15. The van der Waals surface area contributed by atoms with E-state index in [0.717, 1.165) is 10.5 Å². The molecule has 0 bridgehead atoms. The third-order valence-corrected chi connectivity index (χ3v) is 4.96. The van der Waals surface area contributed by atoms with Crippen molar-refractivity contribution in [2.24, 2.45) is 0 Å². The highest BCUT2D eigenvalue weighted by Crippen LogP contribution is 2.30. The number of furan rings is 1. The van der Waals surface area contributed by atoms with Crippen LogP contribution in [-0.4, -0.2) is 22.8 Å². The summed E-state index contributed by atoms with van der Waals surface area (Å²) in [5, 5.41) is 13.1. The number of non-ortho nitro benzene ring substituents is 1. The van der Waals surface area contributed by atoms with E-state index in [2.05, 4.69) is 5.32 Å². The molecule has 3 aromatic rings. The second-order valence-corrected chi connectivity index (χ2v) is 7.26. The van der Waals surface area contributed by atoms with Crippen LogP contribution in [0, 0.1) is 24.0 Å². The number of nitro benzene ring substituents is 1. The van der Waals surface area contributed by atoms with Crippen LogP contribution in [0.15, 0.2) is 64.6 Å². The summed E-state index contributed by atoms with van der Waals surface area (Å²) in [6, 6.07) is 13.5. The average molecular weight is 431 g/mol. The number of benzene rings is 2. The Morgan fingerprint density at radius 3 is 2.50 bits per heavy atom. The topological polar surface area (TPSA) is 123 Å². The van der Waals surface area contributed by atoms with Gasteiger partial charge < -0.3 is 4.42 Å². The van der Waals surface area contributed by atoms with Crippen LogP contribution in [0.5, 0.6) is 0 Å². The number of rotatable bonds is 4. The van der Waals surface area contributed by atoms with Crippen LogP contribution in [0.25, 0.3) is 17.4 Å². The van der Waals surface area contributed by atoms with E-state index in [1.165, 1.54) is 18.2 Å². The van der Waals surface area contributed by atoms with Gasteiger partial charge in [0.2, 0.25) is 0 Å². The number of carbonyl (C=O) groups is 3. The first-order valence-corrected chi connectivity index (χ1v) is 9.58. The van der Waals surface area contributed by atoms with Crippen molar-refractivity contribution in [1.29, 1.82) is 0 Å². The lowest BCUT2D eigenvalue weighted by atomic mass is 10.1. The lowest BCUT2D eigenvalue weighted by Gasteiger charge is -2.26. The lowest BCUT2D eigenvalue weighted by molar-refractivity contribution is -0.384. The Labute approximate surface area is 182 Å². The van der Waals surface area contributed by atoms with Gasteiger partial charge in [0.25, 0.3) is 17.5 Å². The quantitative estimate of drug-likeness (QED) is 0.287. The average Bonchev–Trinajstić information content (AvgIpc) is 3.19. The van der Waals surface area contributed by atoms with Crippen molar-refractivity contribution in [2.75, 3.05) is 4.90 Å². The van der Waals surface area contributed by atoms with E-state index in [-0.39, 0.29) is 17.0 Å². The number of hydrogen-bond acceptors (Lipinski definition) is 6. The number of urea groups is 1. The molecular weight excluding hydrogens is 414 g/mol. The molecule has 4 rings (SSSR count). The van der Waals surface area contributed by atoms with Crippen LogP contribution in [0.1, 0.15) is 16.9 Å². The maximum absolute atomic E-state index is 13.0. The predicted octanol–water partition coefficient (Wildman–Crippen LogP) is 4.14. The molecule has 0 aliphatic carbocycles. The molecule has 1 aromatic heterocycles. The number of carbonyl (C=O) groups excluding carboxylic acids is 3. The highest BCUT2D eigenvalue weighted by atomic mass is 16.6. The number of hydrogen-bond donors (Lipinski definition) is 1. The van der Waals surface area contributed by atoms with Gasteiger partial charge in [0.15, 0.2) is 0 Å². The van der Waals surface area contributed by atoms with Crippen LogP contribution < -0.4 is 10.2 Å². The molecule has 9 nitrogen and oxygen atoms in total. The van der Waals surface area contributed by atoms with E-state index < -0.39 is 22.8 Å². The van der Waals surface area contributed by atoms with Crippen LogP contribution in [0.3, 0.4) is 0 Å². The van der Waals surface area contributed by atoms with Gasteiger partial charge in [-0.15, -0.1) is 0 Å². The molecule has 1 N–H and O–H groups in total. The molecule has 0 spiro atoms. The third kappa shape index (κ3) is 3.79. The minimum atomic E-state index is -0.829. The molecule has 2 heterocycles. The number of imide groups is 2. The van der Waals surface area contributed by atoms with Gasteiger partial charge in [0, 0.05) is 17.7 Å². The predicted molar refractivity (Wildman–Crippen MR) is 116 cm³/mol. The van der Waals surface area contributed by atoms with Crippen molar-refractivity contribution in [3.8, 4) is 11.3 Å². The van der Waals surface area contributed by atoms with E-state index in [1.54, 1.807) is 43.3 Å². The summed E-state index contributed by atoms with van der Waals surface area (Å²) in [5.41, 5.74) is 2.16. The molecule has 4 amide bonds. The highest BCUT2D eigenvalue weighted by Gasteiger charge is 2.37. The monoisotopic (exact) mass is 431 g/mol. The van der Waals surface area contributed by atoms with Gasteiger partial charge in [0.1, 0.15) is 17.1 Å². The summed E-state index contributed by atoms with van der Waals surface area (Å²) in [6.07, 6.45) is 1.26. The number of barbiturate groups is 1. The van der Waals surface area contributed by atoms with Gasteiger partial charge in [-0.05, 0) is 61.4 Å². The summed E-state index contributed by atoms with van der Waals surface area (Å²) in [5.74, 6) is -0.962. The Balaban J connectivity index is 1.67. The van der Waals surface area contributed by atoms with Crippen LogP contribution in [0.4, 0.5) is 16.2 Å². The lowest BCUT2D eigenvalue weighted by Crippen LogP contribution is -2.54. The molecule has 2 aromatic carbocycles. The molecule has 0 atom stereocenters. The minimum absolute atomic E-state index is 0.0365. The molecule has 1 fully saturated rings. The first-order valence-electron chi connectivity index (χ1n) is 9.58. The van der Waals surface area contributed by atoms with Gasteiger partial charge in [-0.1, -0.05) is 12.1 Å². The van der Waals surface area contributed by atoms with Crippen molar-refractivity contribution in [3.63, 3.8) is 0 Å². The van der Waals surface area contributed by atoms with E-state index in [1.807, 2.05) is 13.0 Å². The second kappa shape index (κ2) is 7.95. The number of aryl methyl sites for hydroxylation is 2. The standard InChI is InChI=1S/C23H17N3O6/c1-13-4-3-5-15(10-13)25-22(28)19(21(27)24-23(25)29)12-17-7-9-20(32-17)18-8-6-16(26(30)31)11-14(18)2/h3-12H,1-2H3,(H,24,27,29)/b19-12-. The fourth-order valence-electron chi connectivity index (χ4n) is 3.41. The highest BCUT2D eigenvalue weighted by molar-refractivity contribution is 6.39. The third-order valence-electron chi connectivity index (χ3n) is 4.96. The smallest absolute Gasteiger partial charge is 0.335 e. The number of anilines is 1. The summed E-state index contributed by atoms with van der Waals surface area (Å²) < 4.78 is 5.76. The zero-order chi connectivity index (χ0) is 23.0. The summed E-state index contributed by atoms with van der Waals surface area (Å²) in [4.78, 5) is 49.0. The summed E-state index contributed by atoms with van der Waals surface area (Å²) >= 11 is 0. The van der Waals surface area contributed by atoms with E-state index in [4.69, 9.17) is 4.42 Å². The van der Waals surface area contributed by atoms with E-state index in [9.17, 15) is 24.5 Å². The van der Waals surface area contributed by atoms with E-state index in [0.29, 0.717) is 22.6 Å². The Morgan fingerprint density at radius 1 is 1.03 bits per heavy atom. The minimum Gasteiger partial charge on any atom is -0.457 e. The van der Waals surface area contributed by atoms with Gasteiger partial charge in [0.05, 0.1) is 10.6 Å². The van der Waals surface area contributed by atoms with Crippen molar-refractivity contribution < 1.29 is 23.7 Å². The van der Waals surface area contributed by atoms with Gasteiger partial charge >= 0.3 is 6.03 Å². The van der Waals surface area contributed by atoms with Crippen LogP contribution in [-0.2, 0) is 9.59 Å². The van der Waals surface area contributed by atoms with Crippen molar-refractivity contribution in [1.82, 2.24) is 5.32 Å². The normalized spacial score (nSPS) is 15.2. The van der Waals surface area contributed by atoms with Gasteiger partial charge in [-0.25, -0.2) is 9.69 Å². The number of nitrogens with one attached hydrogen (secondary N) is 1. The second-order valence-electron chi connectivity index (χ2n) is 7.26. The van der Waals surface area contributed by atoms with Crippen molar-refractivity contribution in [2.45, 2.75) is 13.8 Å². The zero-order valence-corrected chi connectivity index (χ0v) is 17.1. The number of amides is 4. The molecule has 0 radical (unpaired) electrons. The first kappa shape index (κ1) is 20.7. The van der Waals surface area contributed by atoms with Crippen molar-refractivity contribution >= 4 is 35.3 Å². The zero-order valence-electron chi connectivity index (χ0n) is 17.1. The number of nitrogens with zero attached hydrogens (tertiary/aromatic N) is 2. The Hall–Kier alpha value is -4.53. The molecule has 1 aliphatic rings. The van der Waals surface area contributed by atoms with Crippen molar-refractivity contribution in [3.05, 3.63) is 87.2 Å². The first-order chi connectivity index (χ1) is 15.2. The maximum atomic E-state index is 13.0. The largest absolute Gasteiger partial charge is 0.457 e. The fourth-order valence-corrected chi connectivity index (χ4v) is 3.41. The van der Waals surface area contributed by atoms with Crippen LogP contribution in [0.2, 0.25) is 0 Å². The summed E-state index contributed by atoms with van der Waals surface area (Å²) in [6.45, 7) is 3.54. The molecule has 1 aliphatic heterocycles. The van der Waals surface area contributed by atoms with E-state index >= 15 is 0 Å². The molecule has 0 unspecified atom stereocenters. The number of nitro groups is 1. The molecule has 0 saturated carbocycles. The molecule has 160 valence electrons. The van der Waals surface area contributed by atoms with Crippen LogP contribution >= 0.6 is 0 Å². The van der Waals surface area contributed by atoms with Gasteiger partial charge in [-0.2, -0.15) is 0 Å². The molecule has 32 heavy (non-hydrogen) atoms.